The van der Waals surface area contributed by atoms with Gasteiger partial charge in [-0.3, -0.25) is 0 Å². The lowest BCUT2D eigenvalue weighted by atomic mass is 9.79. The monoisotopic (exact) mass is 283 g/mol. The summed E-state index contributed by atoms with van der Waals surface area (Å²) < 4.78 is 6.33. The van der Waals surface area contributed by atoms with E-state index in [-0.39, 0.29) is 18.0 Å². The molecule has 0 spiro atoms. The first-order valence-electron chi connectivity index (χ1n) is 7.07. The zero-order chi connectivity index (χ0) is 12.8. The van der Waals surface area contributed by atoms with Crippen LogP contribution in [-0.2, 0) is 10.3 Å². The number of hydrogen-bond donors (Lipinski definition) is 0. The lowest BCUT2D eigenvalue weighted by Crippen LogP contribution is -2.34. The maximum absolute atomic E-state index is 6.33. The van der Waals surface area contributed by atoms with Crippen LogP contribution in [0.15, 0.2) is 30.3 Å². The van der Waals surface area contributed by atoms with E-state index in [0.29, 0.717) is 0 Å². The molecule has 108 valence electrons. The van der Waals surface area contributed by atoms with Crippen LogP contribution in [0.25, 0.3) is 0 Å². The van der Waals surface area contributed by atoms with Crippen molar-refractivity contribution in [2.75, 3.05) is 27.2 Å². The molecule has 3 heteroatoms. The molecule has 1 aliphatic carbocycles. The van der Waals surface area contributed by atoms with Crippen molar-refractivity contribution in [3.05, 3.63) is 35.9 Å². The Hall–Kier alpha value is -0.570. The molecule has 0 unspecified atom stereocenters. The van der Waals surface area contributed by atoms with E-state index in [1.54, 1.807) is 0 Å². The van der Waals surface area contributed by atoms with Gasteiger partial charge in [-0.05, 0) is 32.5 Å². The Labute approximate surface area is 123 Å². The molecule has 1 fully saturated rings. The molecule has 19 heavy (non-hydrogen) atoms. The van der Waals surface area contributed by atoms with Crippen LogP contribution in [0.3, 0.4) is 0 Å². The molecule has 2 rings (SSSR count). The highest BCUT2D eigenvalue weighted by Crippen LogP contribution is 2.40. The van der Waals surface area contributed by atoms with Crippen molar-refractivity contribution in [1.29, 1.82) is 0 Å². The van der Waals surface area contributed by atoms with E-state index in [2.05, 4.69) is 49.3 Å². The van der Waals surface area contributed by atoms with Crippen LogP contribution in [-0.4, -0.2) is 32.1 Å². The van der Waals surface area contributed by atoms with Crippen molar-refractivity contribution in [1.82, 2.24) is 4.90 Å². The predicted octanol–water partition coefficient (Wildman–Crippen LogP) is 3.85. The minimum Gasteiger partial charge on any atom is -0.369 e. The quantitative estimate of drug-likeness (QED) is 0.814. The highest BCUT2D eigenvalue weighted by atomic mass is 35.5. The third-order valence-corrected chi connectivity index (χ3v) is 3.88. The summed E-state index contributed by atoms with van der Waals surface area (Å²) in [4.78, 5) is 2.18. The summed E-state index contributed by atoms with van der Waals surface area (Å²) in [7, 11) is 4.19. The van der Waals surface area contributed by atoms with Crippen molar-refractivity contribution < 1.29 is 4.74 Å². The number of hydrogen-bond acceptors (Lipinski definition) is 2. The summed E-state index contributed by atoms with van der Waals surface area (Å²) in [6.07, 6.45) is 6.27. The smallest absolute Gasteiger partial charge is 0.0931 e. The minimum absolute atomic E-state index is 0. The van der Waals surface area contributed by atoms with Gasteiger partial charge in [-0.2, -0.15) is 0 Å². The van der Waals surface area contributed by atoms with E-state index < -0.39 is 0 Å². The van der Waals surface area contributed by atoms with Crippen LogP contribution < -0.4 is 0 Å². The lowest BCUT2D eigenvalue weighted by Gasteiger charge is -2.38. The van der Waals surface area contributed by atoms with Crippen molar-refractivity contribution in [2.24, 2.45) is 0 Å². The molecular weight excluding hydrogens is 258 g/mol. The zero-order valence-corrected chi connectivity index (χ0v) is 12.9. The van der Waals surface area contributed by atoms with Crippen LogP contribution in [0.1, 0.15) is 37.7 Å². The normalized spacial score (nSPS) is 18.1. The van der Waals surface area contributed by atoms with Gasteiger partial charge in [0.15, 0.2) is 0 Å². The Morgan fingerprint density at radius 2 is 1.68 bits per heavy atom. The van der Waals surface area contributed by atoms with Gasteiger partial charge in [0.2, 0.25) is 0 Å². The summed E-state index contributed by atoms with van der Waals surface area (Å²) in [5.74, 6) is 0. The number of ether oxygens (including phenoxy) is 1. The van der Waals surface area contributed by atoms with Crippen molar-refractivity contribution in [2.45, 2.75) is 37.7 Å². The molecule has 0 heterocycles. The fraction of sp³-hybridized carbons (Fsp3) is 0.625. The topological polar surface area (TPSA) is 12.5 Å². The molecule has 0 radical (unpaired) electrons. The standard InChI is InChI=1S/C16H25NO.ClH/c1-17(2)13-14-18-16(11-7-4-8-12-16)15-9-5-3-6-10-15;/h3,5-6,9-10H,4,7-8,11-14H2,1-2H3;1H. The molecule has 1 aromatic carbocycles. The lowest BCUT2D eigenvalue weighted by molar-refractivity contribution is -0.0792. The van der Waals surface area contributed by atoms with Gasteiger partial charge in [-0.25, -0.2) is 0 Å². The number of benzene rings is 1. The third kappa shape index (κ3) is 4.48. The summed E-state index contributed by atoms with van der Waals surface area (Å²) in [5.41, 5.74) is 1.35. The first-order valence-corrected chi connectivity index (χ1v) is 7.07. The summed E-state index contributed by atoms with van der Waals surface area (Å²) in [6, 6.07) is 10.8. The fourth-order valence-electron chi connectivity index (χ4n) is 2.80. The van der Waals surface area contributed by atoms with Gasteiger partial charge >= 0.3 is 0 Å². The van der Waals surface area contributed by atoms with Crippen LogP contribution in [0.2, 0.25) is 0 Å². The SMILES string of the molecule is CN(C)CCOC1(c2ccccc2)CCCCC1.Cl. The molecule has 1 saturated carbocycles. The van der Waals surface area contributed by atoms with Gasteiger partial charge in [0.1, 0.15) is 0 Å². The van der Waals surface area contributed by atoms with E-state index in [1.807, 2.05) is 0 Å². The summed E-state index contributed by atoms with van der Waals surface area (Å²) in [6.45, 7) is 1.82. The molecule has 0 atom stereocenters. The molecule has 0 aliphatic heterocycles. The Balaban J connectivity index is 0.00000180. The Bertz CT molecular complexity index is 347. The van der Waals surface area contributed by atoms with Crippen LogP contribution >= 0.6 is 12.4 Å². The molecule has 1 aromatic rings. The number of halogens is 1. The van der Waals surface area contributed by atoms with Gasteiger partial charge < -0.3 is 9.64 Å². The Kier molecular flexibility index (Phi) is 6.84. The van der Waals surface area contributed by atoms with E-state index in [4.69, 9.17) is 4.74 Å². The van der Waals surface area contributed by atoms with Crippen molar-refractivity contribution in [3.63, 3.8) is 0 Å². The number of likely N-dealkylation sites (N-methyl/N-ethyl adjacent to an activating group) is 1. The second-order valence-electron chi connectivity index (χ2n) is 5.57. The molecule has 0 saturated heterocycles. The first-order chi connectivity index (χ1) is 8.73. The molecule has 0 N–H and O–H groups in total. The molecular formula is C16H26ClNO. The van der Waals surface area contributed by atoms with Gasteiger partial charge in [0.25, 0.3) is 0 Å². The molecule has 2 nitrogen and oxygen atoms in total. The Morgan fingerprint density at radius 1 is 1.05 bits per heavy atom. The average Bonchev–Trinajstić information content (AvgIpc) is 2.40. The van der Waals surface area contributed by atoms with Crippen molar-refractivity contribution in [3.8, 4) is 0 Å². The zero-order valence-electron chi connectivity index (χ0n) is 12.1. The van der Waals surface area contributed by atoms with E-state index in [1.165, 1.54) is 37.7 Å². The van der Waals surface area contributed by atoms with Gasteiger partial charge in [-0.1, -0.05) is 49.6 Å². The van der Waals surface area contributed by atoms with Crippen LogP contribution in [0.4, 0.5) is 0 Å². The predicted molar refractivity (Wildman–Crippen MR) is 83.0 cm³/mol. The maximum Gasteiger partial charge on any atom is 0.0931 e. The van der Waals surface area contributed by atoms with Crippen LogP contribution in [0.5, 0.6) is 0 Å². The maximum atomic E-state index is 6.33. The molecule has 0 amide bonds. The van der Waals surface area contributed by atoms with E-state index >= 15 is 0 Å². The second kappa shape index (κ2) is 7.88. The van der Waals surface area contributed by atoms with Crippen molar-refractivity contribution >= 4 is 12.4 Å². The molecule has 1 aliphatic rings. The largest absolute Gasteiger partial charge is 0.369 e. The molecule has 0 bridgehead atoms. The highest BCUT2D eigenvalue weighted by molar-refractivity contribution is 5.85. The van der Waals surface area contributed by atoms with Gasteiger partial charge in [0, 0.05) is 6.54 Å². The summed E-state index contributed by atoms with van der Waals surface area (Å²) >= 11 is 0. The number of nitrogens with zero attached hydrogens (tertiary/aromatic N) is 1. The second-order valence-corrected chi connectivity index (χ2v) is 5.57. The highest BCUT2D eigenvalue weighted by Gasteiger charge is 2.34. The minimum atomic E-state index is -0.0183. The van der Waals surface area contributed by atoms with Gasteiger partial charge in [-0.15, -0.1) is 12.4 Å². The summed E-state index contributed by atoms with van der Waals surface area (Å²) in [5, 5.41) is 0. The molecule has 0 aromatic heterocycles. The first kappa shape index (κ1) is 16.5. The van der Waals surface area contributed by atoms with Crippen LogP contribution in [0, 0.1) is 0 Å². The third-order valence-electron chi connectivity index (χ3n) is 3.88. The Morgan fingerprint density at radius 3 is 2.26 bits per heavy atom. The van der Waals surface area contributed by atoms with E-state index in [0.717, 1.165) is 13.2 Å². The number of rotatable bonds is 5. The van der Waals surface area contributed by atoms with Gasteiger partial charge in [0.05, 0.1) is 12.2 Å². The average molecular weight is 284 g/mol. The fourth-order valence-corrected chi connectivity index (χ4v) is 2.80. The van der Waals surface area contributed by atoms with E-state index in [9.17, 15) is 0 Å².